The molecule has 0 amide bonds. The van der Waals surface area contributed by atoms with Crippen molar-refractivity contribution in [3.8, 4) is 0 Å². The van der Waals surface area contributed by atoms with Gasteiger partial charge in [0, 0.05) is 18.0 Å². The molecule has 0 atom stereocenters. The molecule has 0 aliphatic carbocycles. The van der Waals surface area contributed by atoms with Crippen molar-refractivity contribution in [2.75, 3.05) is 0 Å². The van der Waals surface area contributed by atoms with Crippen molar-refractivity contribution in [1.82, 2.24) is 10.1 Å². The van der Waals surface area contributed by atoms with E-state index in [0.717, 1.165) is 6.54 Å². The molecule has 0 spiro atoms. The highest BCUT2D eigenvalue weighted by Gasteiger charge is 2.28. The Balaban J connectivity index is 2.19. The van der Waals surface area contributed by atoms with Gasteiger partial charge in [0.15, 0.2) is 12.7 Å². The van der Waals surface area contributed by atoms with E-state index in [-0.39, 0.29) is 10.8 Å². The molecular formula is C16H24N3+. The Morgan fingerprint density at radius 3 is 2.42 bits per heavy atom. The highest BCUT2D eigenvalue weighted by atomic mass is 15.3. The lowest BCUT2D eigenvalue weighted by Gasteiger charge is -2.20. The van der Waals surface area contributed by atoms with E-state index in [1.807, 2.05) is 18.5 Å². The van der Waals surface area contributed by atoms with Crippen molar-refractivity contribution in [2.45, 2.75) is 52.0 Å². The molecule has 19 heavy (non-hydrogen) atoms. The van der Waals surface area contributed by atoms with Crippen LogP contribution in [0.15, 0.2) is 36.9 Å². The predicted octanol–water partition coefficient (Wildman–Crippen LogP) is 2.97. The normalized spacial score (nSPS) is 12.7. The molecule has 1 N–H and O–H groups in total. The molecule has 0 unspecified atom stereocenters. The number of hydrogen-bond acceptors (Lipinski definition) is 1. The summed E-state index contributed by atoms with van der Waals surface area (Å²) in [5, 5.41) is 3.33. The standard InChI is InChI=1S/C16H23N3/c1-15(2,3)14-10-18-19(11-14)12-16(4,5)13-7-6-8-17-9-13/h6-11H,12H2,1-5H3/p+1. The summed E-state index contributed by atoms with van der Waals surface area (Å²) in [6, 6.07) is 4.14. The first-order chi connectivity index (χ1) is 8.79. The zero-order valence-corrected chi connectivity index (χ0v) is 12.6. The lowest BCUT2D eigenvalue weighted by Crippen LogP contribution is -2.44. The van der Waals surface area contributed by atoms with Crippen LogP contribution in [0.4, 0.5) is 0 Å². The van der Waals surface area contributed by atoms with E-state index in [1.54, 1.807) is 0 Å². The molecule has 102 valence electrons. The highest BCUT2D eigenvalue weighted by Crippen LogP contribution is 2.23. The molecule has 0 fully saturated rings. The third kappa shape index (κ3) is 3.22. The van der Waals surface area contributed by atoms with E-state index in [4.69, 9.17) is 0 Å². The van der Waals surface area contributed by atoms with E-state index in [2.05, 4.69) is 67.8 Å². The third-order valence-electron chi connectivity index (χ3n) is 3.56. The van der Waals surface area contributed by atoms with Gasteiger partial charge in [-0.2, -0.15) is 5.10 Å². The highest BCUT2D eigenvalue weighted by molar-refractivity contribution is 5.18. The van der Waals surface area contributed by atoms with Gasteiger partial charge < -0.3 is 0 Å². The largest absolute Gasteiger partial charge is 0.264 e. The average molecular weight is 258 g/mol. The van der Waals surface area contributed by atoms with Crippen LogP contribution >= 0.6 is 0 Å². The molecule has 0 saturated carbocycles. The molecule has 0 bridgehead atoms. The maximum Gasteiger partial charge on any atom is 0.199 e. The zero-order valence-electron chi connectivity index (χ0n) is 12.6. The van der Waals surface area contributed by atoms with Crippen molar-refractivity contribution in [3.63, 3.8) is 0 Å². The molecule has 2 heterocycles. The van der Waals surface area contributed by atoms with Gasteiger partial charge in [-0.05, 0) is 30.9 Å². The molecule has 0 radical (unpaired) electrons. The fraction of sp³-hybridized carbons (Fsp3) is 0.500. The molecular weight excluding hydrogens is 234 g/mol. The molecule has 2 aromatic heterocycles. The minimum absolute atomic E-state index is 0.0545. The fourth-order valence-corrected chi connectivity index (χ4v) is 2.18. The van der Waals surface area contributed by atoms with Crippen LogP contribution in [-0.2, 0) is 17.4 Å². The molecule has 0 aromatic carbocycles. The summed E-state index contributed by atoms with van der Waals surface area (Å²) in [4.78, 5) is 4.22. The minimum atomic E-state index is 0.0545. The average Bonchev–Trinajstić information content (AvgIpc) is 2.78. The Morgan fingerprint density at radius 1 is 1.16 bits per heavy atom. The van der Waals surface area contributed by atoms with Gasteiger partial charge >= 0.3 is 0 Å². The Kier molecular flexibility index (Phi) is 3.48. The number of aromatic amines is 1. The van der Waals surface area contributed by atoms with E-state index in [0.29, 0.717) is 0 Å². The Bertz CT molecular complexity index is 533. The first-order valence-corrected chi connectivity index (χ1v) is 6.78. The molecule has 2 aromatic rings. The number of aromatic nitrogens is 3. The number of rotatable bonds is 3. The van der Waals surface area contributed by atoms with Crippen LogP contribution in [0.2, 0.25) is 0 Å². The zero-order chi connectivity index (χ0) is 14.1. The second kappa shape index (κ2) is 4.80. The minimum Gasteiger partial charge on any atom is -0.264 e. The van der Waals surface area contributed by atoms with Gasteiger partial charge in [0.05, 0.1) is 11.6 Å². The van der Waals surface area contributed by atoms with Crippen LogP contribution in [-0.4, -0.2) is 10.1 Å². The van der Waals surface area contributed by atoms with Gasteiger partial charge in [0.2, 0.25) is 0 Å². The predicted molar refractivity (Wildman–Crippen MR) is 77.0 cm³/mol. The number of nitrogens with zero attached hydrogens (tertiary/aromatic N) is 2. The van der Waals surface area contributed by atoms with Gasteiger partial charge in [0.1, 0.15) is 0 Å². The maximum absolute atomic E-state index is 4.22. The summed E-state index contributed by atoms with van der Waals surface area (Å²) in [7, 11) is 0. The van der Waals surface area contributed by atoms with Gasteiger partial charge in [-0.15, -0.1) is 4.68 Å². The first-order valence-electron chi connectivity index (χ1n) is 6.78. The summed E-state index contributed by atoms with van der Waals surface area (Å²) in [6.45, 7) is 12.1. The molecule has 2 rings (SSSR count). The van der Waals surface area contributed by atoms with Crippen molar-refractivity contribution >= 4 is 0 Å². The van der Waals surface area contributed by atoms with E-state index >= 15 is 0 Å². The van der Waals surface area contributed by atoms with Crippen LogP contribution in [0.1, 0.15) is 45.7 Å². The quantitative estimate of drug-likeness (QED) is 0.843. The molecule has 3 heteroatoms. The summed E-state index contributed by atoms with van der Waals surface area (Å²) < 4.78 is 2.16. The lowest BCUT2D eigenvalue weighted by molar-refractivity contribution is -0.756. The van der Waals surface area contributed by atoms with Crippen molar-refractivity contribution in [1.29, 1.82) is 0 Å². The number of hydrogen-bond donors (Lipinski definition) is 1. The second-order valence-corrected chi connectivity index (χ2v) is 6.86. The third-order valence-corrected chi connectivity index (χ3v) is 3.56. The van der Waals surface area contributed by atoms with Gasteiger partial charge in [-0.1, -0.05) is 26.8 Å². The second-order valence-electron chi connectivity index (χ2n) is 6.86. The molecule has 0 aliphatic heterocycles. The first kappa shape index (κ1) is 13.8. The van der Waals surface area contributed by atoms with E-state index in [9.17, 15) is 0 Å². The topological polar surface area (TPSA) is 32.6 Å². The molecule has 0 aliphatic rings. The van der Waals surface area contributed by atoms with Crippen molar-refractivity contribution in [3.05, 3.63) is 48.0 Å². The smallest absolute Gasteiger partial charge is 0.199 e. The summed E-state index contributed by atoms with van der Waals surface area (Å²) >= 11 is 0. The van der Waals surface area contributed by atoms with E-state index in [1.165, 1.54) is 11.1 Å². The number of pyridine rings is 1. The summed E-state index contributed by atoms with van der Waals surface area (Å²) in [5.41, 5.74) is 2.82. The van der Waals surface area contributed by atoms with Gasteiger partial charge in [-0.25, -0.2) is 0 Å². The van der Waals surface area contributed by atoms with Crippen LogP contribution < -0.4 is 4.68 Å². The molecule has 3 nitrogen and oxygen atoms in total. The van der Waals surface area contributed by atoms with E-state index < -0.39 is 0 Å². The Hall–Kier alpha value is -1.64. The number of H-pyrrole nitrogens is 1. The van der Waals surface area contributed by atoms with Gasteiger partial charge in [0.25, 0.3) is 0 Å². The molecule has 0 saturated heterocycles. The summed E-state index contributed by atoms with van der Waals surface area (Å²) in [5.74, 6) is 0. The van der Waals surface area contributed by atoms with Crippen molar-refractivity contribution < 1.29 is 4.68 Å². The van der Waals surface area contributed by atoms with Crippen LogP contribution in [0.5, 0.6) is 0 Å². The van der Waals surface area contributed by atoms with Crippen molar-refractivity contribution in [2.24, 2.45) is 0 Å². The lowest BCUT2D eigenvalue weighted by atomic mass is 9.85. The maximum atomic E-state index is 4.22. The number of nitrogens with one attached hydrogen (secondary N) is 1. The van der Waals surface area contributed by atoms with Crippen LogP contribution in [0.3, 0.4) is 0 Å². The Labute approximate surface area is 115 Å². The van der Waals surface area contributed by atoms with Gasteiger partial charge in [-0.3, -0.25) is 4.98 Å². The van der Waals surface area contributed by atoms with Crippen LogP contribution in [0.25, 0.3) is 0 Å². The van der Waals surface area contributed by atoms with Crippen LogP contribution in [0, 0.1) is 0 Å². The SMILES string of the molecule is CC(C)(C)c1c[nH][n+](CC(C)(C)c2cccnc2)c1. The fourth-order valence-electron chi connectivity index (χ4n) is 2.18. The monoisotopic (exact) mass is 258 g/mol. The summed E-state index contributed by atoms with van der Waals surface area (Å²) in [6.07, 6.45) is 8.07. The Morgan fingerprint density at radius 2 is 1.89 bits per heavy atom.